The normalized spacial score (nSPS) is 25.2. The highest BCUT2D eigenvalue weighted by Gasteiger charge is 2.43. The van der Waals surface area contributed by atoms with Crippen LogP contribution in [0.4, 0.5) is 0 Å². The molecular weight excluding hydrogens is 244 g/mol. The molecule has 2 saturated heterocycles. The van der Waals surface area contributed by atoms with Crippen LogP contribution < -0.4 is 0 Å². The van der Waals surface area contributed by atoms with Crippen molar-refractivity contribution in [1.29, 1.82) is 0 Å². The monoisotopic (exact) mass is 270 g/mol. The molecule has 0 aromatic rings. The molecule has 0 atom stereocenters. The van der Waals surface area contributed by atoms with E-state index in [-0.39, 0.29) is 12.2 Å². The fourth-order valence-corrected chi connectivity index (χ4v) is 3.22. The molecule has 2 fully saturated rings. The van der Waals surface area contributed by atoms with Gasteiger partial charge in [0.05, 0.1) is 5.60 Å². The second kappa shape index (κ2) is 6.20. The number of hydrogen-bond acceptors (Lipinski definition) is 4. The average molecular weight is 270 g/mol. The number of hydrogen-bond donors (Lipinski definition) is 1. The maximum absolute atomic E-state index is 10.5. The fourth-order valence-electron chi connectivity index (χ4n) is 3.22. The number of rotatable bonds is 6. The number of carboxylic acids is 1. The van der Waals surface area contributed by atoms with E-state index in [1.807, 2.05) is 6.92 Å². The van der Waals surface area contributed by atoms with Gasteiger partial charge < -0.3 is 14.7 Å². The summed E-state index contributed by atoms with van der Waals surface area (Å²) in [4.78, 5) is 15.5. The Labute approximate surface area is 115 Å². The van der Waals surface area contributed by atoms with Gasteiger partial charge in [-0.1, -0.05) is 6.92 Å². The summed E-state index contributed by atoms with van der Waals surface area (Å²) < 4.78 is 5.46. The molecule has 0 aliphatic carbocycles. The minimum absolute atomic E-state index is 0.181. The van der Waals surface area contributed by atoms with Crippen LogP contribution >= 0.6 is 0 Å². The van der Waals surface area contributed by atoms with Crippen LogP contribution in [0, 0.1) is 0 Å². The second-order valence-electron chi connectivity index (χ2n) is 6.11. The van der Waals surface area contributed by atoms with Crippen LogP contribution in [0.1, 0.15) is 33.1 Å². The lowest BCUT2D eigenvalue weighted by Crippen LogP contribution is -2.65. The predicted octanol–water partition coefficient (Wildman–Crippen LogP) is 1.04. The van der Waals surface area contributed by atoms with Crippen LogP contribution in [0.2, 0.25) is 0 Å². The smallest absolute Gasteiger partial charge is 0.329 e. The molecule has 0 aromatic carbocycles. The molecule has 2 heterocycles. The summed E-state index contributed by atoms with van der Waals surface area (Å²) in [5, 5.41) is 8.65. The van der Waals surface area contributed by atoms with Crippen molar-refractivity contribution in [2.24, 2.45) is 0 Å². The number of piperidine rings is 1. The Kier molecular flexibility index (Phi) is 4.81. The summed E-state index contributed by atoms with van der Waals surface area (Å²) >= 11 is 0. The van der Waals surface area contributed by atoms with E-state index in [4.69, 9.17) is 9.84 Å². The van der Waals surface area contributed by atoms with E-state index >= 15 is 0 Å². The van der Waals surface area contributed by atoms with Gasteiger partial charge in [0.1, 0.15) is 6.61 Å². The van der Waals surface area contributed by atoms with Crippen LogP contribution in [0.15, 0.2) is 0 Å². The van der Waals surface area contributed by atoms with Gasteiger partial charge in [0, 0.05) is 19.1 Å². The summed E-state index contributed by atoms with van der Waals surface area (Å²) in [6.45, 7) is 9.41. The number of aliphatic carboxylic acids is 1. The molecule has 1 N–H and O–H groups in total. The van der Waals surface area contributed by atoms with Gasteiger partial charge in [-0.15, -0.1) is 0 Å². The highest BCUT2D eigenvalue weighted by atomic mass is 16.5. The molecule has 5 heteroatoms. The highest BCUT2D eigenvalue weighted by Crippen LogP contribution is 2.30. The summed E-state index contributed by atoms with van der Waals surface area (Å²) in [7, 11) is 0. The number of likely N-dealkylation sites (tertiary alicyclic amines) is 2. The van der Waals surface area contributed by atoms with E-state index in [9.17, 15) is 4.79 Å². The van der Waals surface area contributed by atoms with Gasteiger partial charge in [-0.05, 0) is 45.8 Å². The van der Waals surface area contributed by atoms with E-state index in [0.29, 0.717) is 6.04 Å². The topological polar surface area (TPSA) is 53.0 Å². The third-order valence-corrected chi connectivity index (χ3v) is 4.23. The van der Waals surface area contributed by atoms with Gasteiger partial charge in [-0.25, -0.2) is 4.79 Å². The summed E-state index contributed by atoms with van der Waals surface area (Å²) in [5.41, 5.74) is -0.251. The first-order valence-electron chi connectivity index (χ1n) is 7.34. The zero-order chi connectivity index (χ0) is 13.9. The van der Waals surface area contributed by atoms with Crippen molar-refractivity contribution < 1.29 is 14.6 Å². The lowest BCUT2D eigenvalue weighted by atomic mass is 9.90. The molecule has 0 bridgehead atoms. The Bertz CT molecular complexity index is 308. The van der Waals surface area contributed by atoms with Crippen LogP contribution in [0.25, 0.3) is 0 Å². The number of carbonyl (C=O) groups is 1. The Morgan fingerprint density at radius 1 is 1.37 bits per heavy atom. The van der Waals surface area contributed by atoms with Gasteiger partial charge in [0.15, 0.2) is 0 Å². The maximum Gasteiger partial charge on any atom is 0.329 e. The molecular formula is C14H26N2O3. The minimum Gasteiger partial charge on any atom is -0.480 e. The maximum atomic E-state index is 10.5. The number of ether oxygens (including phenoxy) is 1. The second-order valence-corrected chi connectivity index (χ2v) is 6.11. The van der Waals surface area contributed by atoms with Gasteiger partial charge in [-0.2, -0.15) is 0 Å². The fraction of sp³-hybridized carbons (Fsp3) is 0.929. The van der Waals surface area contributed by atoms with Crippen LogP contribution in [-0.2, 0) is 9.53 Å². The highest BCUT2D eigenvalue weighted by molar-refractivity contribution is 5.68. The van der Waals surface area contributed by atoms with Crippen molar-refractivity contribution in [3.05, 3.63) is 0 Å². The molecule has 0 unspecified atom stereocenters. The quantitative estimate of drug-likeness (QED) is 0.781. The van der Waals surface area contributed by atoms with Crippen molar-refractivity contribution >= 4 is 5.97 Å². The Morgan fingerprint density at radius 2 is 2.00 bits per heavy atom. The van der Waals surface area contributed by atoms with Gasteiger partial charge >= 0.3 is 5.97 Å². The third kappa shape index (κ3) is 3.91. The molecule has 0 saturated carbocycles. The lowest BCUT2D eigenvalue weighted by molar-refractivity contribution is -0.171. The summed E-state index contributed by atoms with van der Waals surface area (Å²) in [5.74, 6) is -0.882. The summed E-state index contributed by atoms with van der Waals surface area (Å²) in [6, 6.07) is 0.662. The van der Waals surface area contributed by atoms with Crippen molar-refractivity contribution in [1.82, 2.24) is 9.80 Å². The average Bonchev–Trinajstić information content (AvgIpc) is 2.34. The first-order chi connectivity index (χ1) is 9.02. The molecule has 2 rings (SSSR count). The third-order valence-electron chi connectivity index (χ3n) is 4.23. The zero-order valence-corrected chi connectivity index (χ0v) is 12.1. The SMILES string of the molecule is CCCN1CCC(N2CC(C)(OCC(=O)O)C2)CC1. The van der Waals surface area contributed by atoms with Crippen molar-refractivity contribution in [3.8, 4) is 0 Å². The molecule has 0 amide bonds. The van der Waals surface area contributed by atoms with Crippen molar-refractivity contribution in [3.63, 3.8) is 0 Å². The van der Waals surface area contributed by atoms with Crippen molar-refractivity contribution in [2.45, 2.75) is 44.8 Å². The minimum atomic E-state index is -0.882. The van der Waals surface area contributed by atoms with Crippen molar-refractivity contribution in [2.75, 3.05) is 39.3 Å². The summed E-state index contributed by atoms with van der Waals surface area (Å²) in [6.07, 6.45) is 3.69. The molecule has 5 nitrogen and oxygen atoms in total. The van der Waals surface area contributed by atoms with Gasteiger partial charge in [0.2, 0.25) is 0 Å². The van der Waals surface area contributed by atoms with Crippen LogP contribution in [-0.4, -0.2) is 71.8 Å². The first kappa shape index (κ1) is 14.8. The lowest BCUT2D eigenvalue weighted by Gasteiger charge is -2.52. The zero-order valence-electron chi connectivity index (χ0n) is 12.1. The van der Waals surface area contributed by atoms with Gasteiger partial charge in [-0.3, -0.25) is 4.90 Å². The van der Waals surface area contributed by atoms with E-state index in [1.54, 1.807) is 0 Å². The molecule has 0 radical (unpaired) electrons. The van der Waals surface area contributed by atoms with E-state index in [1.165, 1.54) is 38.9 Å². The molecule has 110 valence electrons. The standard InChI is InChI=1S/C14H26N2O3/c1-3-6-15-7-4-12(5-8-15)16-10-14(2,11-16)19-9-13(17)18/h12H,3-11H2,1-2H3,(H,17,18). The van der Waals surface area contributed by atoms with Crippen LogP contribution in [0.5, 0.6) is 0 Å². The molecule has 2 aliphatic heterocycles. The number of nitrogens with zero attached hydrogens (tertiary/aromatic N) is 2. The van der Waals surface area contributed by atoms with E-state index < -0.39 is 5.97 Å². The Hall–Kier alpha value is -0.650. The number of carboxylic acid groups (broad SMARTS) is 1. The molecule has 0 spiro atoms. The van der Waals surface area contributed by atoms with E-state index in [0.717, 1.165) is 13.1 Å². The molecule has 19 heavy (non-hydrogen) atoms. The first-order valence-corrected chi connectivity index (χ1v) is 7.34. The largest absolute Gasteiger partial charge is 0.480 e. The Morgan fingerprint density at radius 3 is 2.53 bits per heavy atom. The molecule has 2 aliphatic rings. The molecule has 0 aromatic heterocycles. The van der Waals surface area contributed by atoms with E-state index in [2.05, 4.69) is 16.7 Å². The van der Waals surface area contributed by atoms with Gasteiger partial charge in [0.25, 0.3) is 0 Å². The Balaban J connectivity index is 1.68. The predicted molar refractivity (Wildman–Crippen MR) is 73.3 cm³/mol. The van der Waals surface area contributed by atoms with Crippen LogP contribution in [0.3, 0.4) is 0 Å².